The molecule has 0 fully saturated rings. The molecule has 0 unspecified atom stereocenters. The Morgan fingerprint density at radius 1 is 1.16 bits per heavy atom. The summed E-state index contributed by atoms with van der Waals surface area (Å²) < 4.78 is 2.27. The maximum atomic E-state index is 2.28. The Morgan fingerprint density at radius 2 is 1.79 bits per heavy atom. The first kappa shape index (κ1) is 14.2. The van der Waals surface area contributed by atoms with Gasteiger partial charge in [-0.2, -0.15) is 4.57 Å². The Morgan fingerprint density at radius 3 is 2.32 bits per heavy atom. The SMILES string of the molecule is CC1=C(C)N(C)/C(=C/c2cc(C)c(C)c(C)[n+]2C)S1. The second kappa shape index (κ2) is 5.04. The molecule has 3 heteroatoms. The third-order valence-corrected chi connectivity index (χ3v) is 5.46. The number of rotatable bonds is 1. The number of allylic oxidation sites excluding steroid dienone is 2. The van der Waals surface area contributed by atoms with E-state index >= 15 is 0 Å². The summed E-state index contributed by atoms with van der Waals surface area (Å²) in [6.45, 7) is 10.9. The number of hydrogen-bond donors (Lipinski definition) is 0. The first-order valence-corrected chi connectivity index (χ1v) is 7.42. The first-order chi connectivity index (χ1) is 8.82. The molecular formula is C16H23N2S+. The van der Waals surface area contributed by atoms with Gasteiger partial charge in [-0.3, -0.25) is 0 Å². The van der Waals surface area contributed by atoms with Crippen molar-refractivity contribution in [1.29, 1.82) is 0 Å². The zero-order valence-electron chi connectivity index (χ0n) is 13.0. The fourth-order valence-electron chi connectivity index (χ4n) is 2.25. The summed E-state index contributed by atoms with van der Waals surface area (Å²) in [6.07, 6.45) is 2.28. The minimum Gasteiger partial charge on any atom is -0.342 e. The van der Waals surface area contributed by atoms with Gasteiger partial charge in [-0.15, -0.1) is 0 Å². The normalized spacial score (nSPS) is 17.8. The summed E-state index contributed by atoms with van der Waals surface area (Å²) in [5, 5.41) is 1.30. The molecule has 0 atom stereocenters. The number of pyridine rings is 1. The Balaban J connectivity index is 2.46. The highest BCUT2D eigenvalue weighted by molar-refractivity contribution is 8.07. The molecule has 2 rings (SSSR count). The van der Waals surface area contributed by atoms with E-state index in [2.05, 4.69) is 70.3 Å². The maximum Gasteiger partial charge on any atom is 0.208 e. The Labute approximate surface area is 120 Å². The van der Waals surface area contributed by atoms with Crippen LogP contribution < -0.4 is 4.57 Å². The molecule has 102 valence electrons. The Hall–Kier alpha value is -1.22. The number of aryl methyl sites for hydroxylation is 1. The van der Waals surface area contributed by atoms with Crippen LogP contribution in [0.5, 0.6) is 0 Å². The van der Waals surface area contributed by atoms with Gasteiger partial charge in [0.15, 0.2) is 5.69 Å². The van der Waals surface area contributed by atoms with Crippen LogP contribution >= 0.6 is 11.8 Å². The van der Waals surface area contributed by atoms with Crippen molar-refractivity contribution in [2.75, 3.05) is 7.05 Å². The topological polar surface area (TPSA) is 7.12 Å². The summed E-state index contributed by atoms with van der Waals surface area (Å²) in [5.74, 6) is 0. The third-order valence-electron chi connectivity index (χ3n) is 4.26. The predicted molar refractivity (Wildman–Crippen MR) is 83.5 cm³/mol. The molecule has 1 aliphatic heterocycles. The molecule has 0 aliphatic carbocycles. The molecule has 2 heterocycles. The second-order valence-electron chi connectivity index (χ2n) is 5.31. The molecule has 1 aromatic rings. The minimum atomic E-state index is 1.26. The lowest BCUT2D eigenvalue weighted by Crippen LogP contribution is -2.37. The highest BCUT2D eigenvalue weighted by Crippen LogP contribution is 2.40. The smallest absolute Gasteiger partial charge is 0.208 e. The van der Waals surface area contributed by atoms with Crippen molar-refractivity contribution in [3.05, 3.63) is 44.2 Å². The van der Waals surface area contributed by atoms with Crippen LogP contribution in [0.3, 0.4) is 0 Å². The van der Waals surface area contributed by atoms with E-state index in [1.807, 2.05) is 11.8 Å². The van der Waals surface area contributed by atoms with Crippen molar-refractivity contribution < 1.29 is 4.57 Å². The lowest BCUT2D eigenvalue weighted by Gasteiger charge is -2.14. The molecule has 2 nitrogen and oxygen atoms in total. The largest absolute Gasteiger partial charge is 0.342 e. The van der Waals surface area contributed by atoms with Gasteiger partial charge in [0, 0.05) is 42.3 Å². The minimum absolute atomic E-state index is 1.26. The van der Waals surface area contributed by atoms with E-state index in [9.17, 15) is 0 Å². The van der Waals surface area contributed by atoms with Crippen molar-refractivity contribution in [3.8, 4) is 0 Å². The first-order valence-electron chi connectivity index (χ1n) is 6.60. The van der Waals surface area contributed by atoms with Gasteiger partial charge in [0.1, 0.15) is 7.05 Å². The molecule has 0 radical (unpaired) electrons. The van der Waals surface area contributed by atoms with Crippen molar-refractivity contribution in [2.24, 2.45) is 7.05 Å². The van der Waals surface area contributed by atoms with Crippen LogP contribution in [0, 0.1) is 20.8 Å². The van der Waals surface area contributed by atoms with Gasteiger partial charge in [-0.05, 0) is 33.3 Å². The summed E-state index contributed by atoms with van der Waals surface area (Å²) in [7, 11) is 4.28. The highest BCUT2D eigenvalue weighted by Gasteiger charge is 2.21. The zero-order valence-corrected chi connectivity index (χ0v) is 13.8. The number of thioether (sulfide) groups is 1. The van der Waals surface area contributed by atoms with Gasteiger partial charge in [-0.1, -0.05) is 11.8 Å². The summed E-state index contributed by atoms with van der Waals surface area (Å²) in [6, 6.07) is 2.27. The van der Waals surface area contributed by atoms with E-state index in [0.717, 1.165) is 0 Å². The maximum absolute atomic E-state index is 2.28. The van der Waals surface area contributed by atoms with Crippen molar-refractivity contribution >= 4 is 17.8 Å². The van der Waals surface area contributed by atoms with Crippen molar-refractivity contribution in [1.82, 2.24) is 4.90 Å². The van der Waals surface area contributed by atoms with Gasteiger partial charge in [0.2, 0.25) is 5.69 Å². The quantitative estimate of drug-likeness (QED) is 0.722. The van der Waals surface area contributed by atoms with Gasteiger partial charge >= 0.3 is 0 Å². The fourth-order valence-corrected chi connectivity index (χ4v) is 3.30. The molecule has 0 saturated carbocycles. The predicted octanol–water partition coefficient (Wildman–Crippen LogP) is 3.66. The third kappa shape index (κ3) is 2.44. The van der Waals surface area contributed by atoms with E-state index in [-0.39, 0.29) is 0 Å². The van der Waals surface area contributed by atoms with E-state index < -0.39 is 0 Å². The summed E-state index contributed by atoms with van der Waals surface area (Å²) in [4.78, 5) is 3.65. The molecule has 19 heavy (non-hydrogen) atoms. The molecule has 0 spiro atoms. The monoisotopic (exact) mass is 275 g/mol. The van der Waals surface area contributed by atoms with Crippen LogP contribution in [0.25, 0.3) is 6.08 Å². The van der Waals surface area contributed by atoms with E-state index in [0.29, 0.717) is 0 Å². The standard InChI is InChI=1S/C16H23N2S/c1-10-8-15(17(6)12(3)11(10)2)9-16-18(7)13(4)14(5)19-16/h8-9H,1-7H3/q+1. The van der Waals surface area contributed by atoms with Crippen LogP contribution in [0.2, 0.25) is 0 Å². The summed E-state index contributed by atoms with van der Waals surface area (Å²) in [5.41, 5.74) is 6.67. The van der Waals surface area contributed by atoms with Crippen LogP contribution in [0.1, 0.15) is 36.4 Å². The molecule has 0 N–H and O–H groups in total. The Kier molecular flexibility index (Phi) is 3.77. The average molecular weight is 275 g/mol. The van der Waals surface area contributed by atoms with Crippen LogP contribution in [-0.4, -0.2) is 11.9 Å². The second-order valence-corrected chi connectivity index (χ2v) is 6.54. The molecule has 0 saturated heterocycles. The van der Waals surface area contributed by atoms with Crippen LogP contribution in [0.15, 0.2) is 21.7 Å². The molecule has 1 aromatic heterocycles. The molecule has 0 amide bonds. The van der Waals surface area contributed by atoms with E-state index in [1.54, 1.807) is 0 Å². The number of hydrogen-bond acceptors (Lipinski definition) is 2. The van der Waals surface area contributed by atoms with Crippen LogP contribution in [0.4, 0.5) is 0 Å². The van der Waals surface area contributed by atoms with Gasteiger partial charge in [0.25, 0.3) is 0 Å². The molecular weight excluding hydrogens is 252 g/mol. The van der Waals surface area contributed by atoms with Crippen molar-refractivity contribution in [3.63, 3.8) is 0 Å². The Bertz CT molecular complexity index is 597. The van der Waals surface area contributed by atoms with Gasteiger partial charge in [-0.25, -0.2) is 0 Å². The lowest BCUT2D eigenvalue weighted by atomic mass is 10.1. The number of aromatic nitrogens is 1. The average Bonchev–Trinajstić information content (AvgIpc) is 2.61. The lowest BCUT2D eigenvalue weighted by molar-refractivity contribution is -0.679. The molecule has 1 aliphatic rings. The molecule has 0 bridgehead atoms. The number of nitrogens with zero attached hydrogens (tertiary/aromatic N) is 2. The molecule has 0 aromatic carbocycles. The zero-order chi connectivity index (χ0) is 14.3. The van der Waals surface area contributed by atoms with Crippen LogP contribution in [-0.2, 0) is 7.05 Å². The highest BCUT2D eigenvalue weighted by atomic mass is 32.2. The van der Waals surface area contributed by atoms with Crippen molar-refractivity contribution in [2.45, 2.75) is 34.6 Å². The summed E-state index contributed by atoms with van der Waals surface area (Å²) >= 11 is 1.85. The van der Waals surface area contributed by atoms with E-state index in [4.69, 9.17) is 0 Å². The van der Waals surface area contributed by atoms with E-state index in [1.165, 1.54) is 38.1 Å². The fraction of sp³-hybridized carbons (Fsp3) is 0.438. The van der Waals surface area contributed by atoms with Gasteiger partial charge in [0.05, 0.1) is 5.03 Å². The van der Waals surface area contributed by atoms with Gasteiger partial charge < -0.3 is 4.90 Å².